The second kappa shape index (κ2) is 5.39. The maximum absolute atomic E-state index is 12.7. The van der Waals surface area contributed by atoms with Crippen molar-refractivity contribution in [3.8, 4) is 0 Å². The van der Waals surface area contributed by atoms with Gasteiger partial charge in [0.05, 0.1) is 0 Å². The summed E-state index contributed by atoms with van der Waals surface area (Å²) in [4.78, 5) is 12.3. The fraction of sp³-hybridized carbons (Fsp3) is 0.500. The van der Waals surface area contributed by atoms with Gasteiger partial charge < -0.3 is 4.90 Å². The maximum Gasteiger partial charge on any atom is 0.471 e. The van der Waals surface area contributed by atoms with Gasteiger partial charge in [0.1, 0.15) is 0 Å². The Morgan fingerprint density at radius 2 is 1.78 bits per heavy atom. The van der Waals surface area contributed by atoms with Crippen molar-refractivity contribution < 1.29 is 18.0 Å². The van der Waals surface area contributed by atoms with Crippen LogP contribution in [0.25, 0.3) is 5.57 Å². The number of halogens is 3. The third-order valence-electron chi connectivity index (χ3n) is 5.39. The van der Waals surface area contributed by atoms with Gasteiger partial charge in [-0.2, -0.15) is 13.2 Å². The van der Waals surface area contributed by atoms with Crippen LogP contribution in [-0.2, 0) is 10.2 Å². The third-order valence-corrected chi connectivity index (χ3v) is 5.39. The minimum Gasteiger partial charge on any atom is -0.311 e. The molecular weight excluding hydrogens is 303 g/mol. The van der Waals surface area contributed by atoms with Gasteiger partial charge in [0.15, 0.2) is 0 Å². The highest BCUT2D eigenvalue weighted by molar-refractivity contribution is 5.87. The van der Waals surface area contributed by atoms with Gasteiger partial charge in [-0.15, -0.1) is 0 Å². The van der Waals surface area contributed by atoms with E-state index < -0.39 is 12.1 Å². The topological polar surface area (TPSA) is 20.3 Å². The van der Waals surface area contributed by atoms with Crippen molar-refractivity contribution in [1.29, 1.82) is 0 Å². The van der Waals surface area contributed by atoms with E-state index in [1.165, 1.54) is 12.6 Å². The van der Waals surface area contributed by atoms with E-state index in [1.54, 1.807) is 6.92 Å². The van der Waals surface area contributed by atoms with E-state index in [-0.39, 0.29) is 5.41 Å². The van der Waals surface area contributed by atoms with Crippen molar-refractivity contribution >= 4 is 11.5 Å². The highest BCUT2D eigenvalue weighted by Crippen LogP contribution is 2.55. The molecule has 124 valence electrons. The molecule has 23 heavy (non-hydrogen) atoms. The Morgan fingerprint density at radius 3 is 2.39 bits per heavy atom. The van der Waals surface area contributed by atoms with Gasteiger partial charge in [-0.25, -0.2) is 0 Å². The zero-order valence-electron chi connectivity index (χ0n) is 13.3. The summed E-state index contributed by atoms with van der Waals surface area (Å²) < 4.78 is 38.2. The summed E-state index contributed by atoms with van der Waals surface area (Å²) in [5.41, 5.74) is 3.58. The minimum absolute atomic E-state index is 0.0509. The van der Waals surface area contributed by atoms with E-state index in [0.717, 1.165) is 48.1 Å². The largest absolute Gasteiger partial charge is 0.471 e. The summed E-state index contributed by atoms with van der Waals surface area (Å²) in [5, 5.41) is 0. The van der Waals surface area contributed by atoms with Crippen LogP contribution in [0, 0.1) is 0 Å². The quantitative estimate of drug-likeness (QED) is 0.736. The lowest BCUT2D eigenvalue weighted by Crippen LogP contribution is -2.37. The molecule has 1 fully saturated rings. The molecule has 2 nitrogen and oxygen atoms in total. The molecule has 0 radical (unpaired) electrons. The van der Waals surface area contributed by atoms with E-state index in [0.29, 0.717) is 5.70 Å². The molecule has 0 saturated heterocycles. The summed E-state index contributed by atoms with van der Waals surface area (Å²) in [7, 11) is 1.21. The zero-order chi connectivity index (χ0) is 16.8. The average molecular weight is 323 g/mol. The molecule has 2 aliphatic carbocycles. The van der Waals surface area contributed by atoms with Gasteiger partial charge in [0.25, 0.3) is 0 Å². The van der Waals surface area contributed by atoms with Crippen molar-refractivity contribution in [2.75, 3.05) is 7.05 Å². The van der Waals surface area contributed by atoms with Crippen molar-refractivity contribution in [3.05, 3.63) is 41.1 Å². The van der Waals surface area contributed by atoms with Crippen LogP contribution < -0.4 is 0 Å². The number of amides is 1. The molecule has 0 unspecified atom stereocenters. The van der Waals surface area contributed by atoms with Gasteiger partial charge in [-0.3, -0.25) is 4.79 Å². The molecule has 1 aromatic carbocycles. The molecule has 0 aromatic heterocycles. The molecule has 0 aliphatic heterocycles. The van der Waals surface area contributed by atoms with Crippen molar-refractivity contribution in [1.82, 2.24) is 4.90 Å². The molecule has 1 aromatic rings. The number of benzene rings is 1. The molecule has 0 heterocycles. The van der Waals surface area contributed by atoms with Crippen LogP contribution in [0.5, 0.6) is 0 Å². The van der Waals surface area contributed by atoms with Crippen LogP contribution in [0.2, 0.25) is 0 Å². The average Bonchev–Trinajstić information content (AvgIpc) is 3.11. The van der Waals surface area contributed by atoms with Crippen LogP contribution in [0.15, 0.2) is 30.0 Å². The molecule has 1 spiro atoms. The number of hydrogen-bond acceptors (Lipinski definition) is 1. The predicted octanol–water partition coefficient (Wildman–Crippen LogP) is 4.65. The lowest BCUT2D eigenvalue weighted by atomic mass is 9.80. The van der Waals surface area contributed by atoms with Gasteiger partial charge >= 0.3 is 12.1 Å². The van der Waals surface area contributed by atoms with Gasteiger partial charge in [-0.1, -0.05) is 37.1 Å². The Kier molecular flexibility index (Phi) is 3.77. The number of nitrogens with zero attached hydrogens (tertiary/aromatic N) is 1. The summed E-state index contributed by atoms with van der Waals surface area (Å²) in [5.74, 6) is -1.81. The lowest BCUT2D eigenvalue weighted by Gasteiger charge is -2.25. The highest BCUT2D eigenvalue weighted by Gasteiger charge is 2.46. The molecule has 3 rings (SSSR count). The summed E-state index contributed by atoms with van der Waals surface area (Å²) >= 11 is 0. The summed E-state index contributed by atoms with van der Waals surface area (Å²) in [6.45, 7) is 1.61. The minimum atomic E-state index is -4.85. The Balaban J connectivity index is 2.05. The first-order valence-corrected chi connectivity index (χ1v) is 7.91. The van der Waals surface area contributed by atoms with E-state index in [4.69, 9.17) is 0 Å². The van der Waals surface area contributed by atoms with Crippen LogP contribution in [0.3, 0.4) is 0 Å². The van der Waals surface area contributed by atoms with Crippen LogP contribution in [-0.4, -0.2) is 24.0 Å². The number of carbonyl (C=O) groups excluding carboxylic acids is 1. The van der Waals surface area contributed by atoms with Crippen LogP contribution >= 0.6 is 0 Å². The summed E-state index contributed by atoms with van der Waals surface area (Å²) in [6.07, 6.45) is 0.318. The van der Waals surface area contributed by atoms with E-state index in [2.05, 4.69) is 6.07 Å². The van der Waals surface area contributed by atoms with E-state index in [9.17, 15) is 18.0 Å². The Hall–Kier alpha value is -1.78. The highest BCUT2D eigenvalue weighted by atomic mass is 19.4. The first kappa shape index (κ1) is 16.1. The number of carbonyl (C=O) groups is 1. The fourth-order valence-corrected chi connectivity index (χ4v) is 4.10. The number of rotatable bonds is 1. The zero-order valence-corrected chi connectivity index (χ0v) is 13.3. The number of allylic oxidation sites excluding steroid dienone is 2. The third kappa shape index (κ3) is 2.56. The molecule has 2 aliphatic rings. The first-order valence-electron chi connectivity index (χ1n) is 7.91. The molecule has 0 bridgehead atoms. The molecule has 0 atom stereocenters. The number of fused-ring (bicyclic) bond motifs is 2. The van der Waals surface area contributed by atoms with Gasteiger partial charge in [0.2, 0.25) is 0 Å². The second-order valence-corrected chi connectivity index (χ2v) is 6.64. The van der Waals surface area contributed by atoms with Gasteiger partial charge in [0, 0.05) is 18.2 Å². The summed E-state index contributed by atoms with van der Waals surface area (Å²) in [6, 6.07) is 7.95. The van der Waals surface area contributed by atoms with E-state index >= 15 is 0 Å². The predicted molar refractivity (Wildman–Crippen MR) is 82.6 cm³/mol. The maximum atomic E-state index is 12.7. The van der Waals surface area contributed by atoms with Crippen molar-refractivity contribution in [2.24, 2.45) is 0 Å². The SMILES string of the molecule is C/C(=C1/CC2(CCCC2)c2ccccc21)N(C)C(=O)C(F)(F)F. The lowest BCUT2D eigenvalue weighted by molar-refractivity contribution is -0.182. The second-order valence-electron chi connectivity index (χ2n) is 6.64. The molecule has 5 heteroatoms. The van der Waals surface area contributed by atoms with Crippen molar-refractivity contribution in [2.45, 2.75) is 50.6 Å². The smallest absolute Gasteiger partial charge is 0.311 e. The molecular formula is C18H20F3NO. The number of hydrogen-bond donors (Lipinski definition) is 0. The van der Waals surface area contributed by atoms with Crippen LogP contribution in [0.1, 0.15) is 50.2 Å². The molecule has 1 saturated carbocycles. The Labute approximate surface area is 134 Å². The van der Waals surface area contributed by atoms with E-state index in [1.807, 2.05) is 18.2 Å². The molecule has 0 N–H and O–H groups in total. The fourth-order valence-electron chi connectivity index (χ4n) is 4.10. The Morgan fingerprint density at radius 1 is 1.17 bits per heavy atom. The standard InChI is InChI=1S/C18H20F3NO/c1-12(22(2)16(23)18(19,20)21)14-11-17(9-5-6-10-17)15-8-4-3-7-13(14)15/h3-4,7-8H,5-6,9-11H2,1-2H3/b14-12+. The monoisotopic (exact) mass is 323 g/mol. The molecule has 1 amide bonds. The normalized spacial score (nSPS) is 21.4. The van der Waals surface area contributed by atoms with Gasteiger partial charge in [-0.05, 0) is 42.9 Å². The first-order chi connectivity index (χ1) is 10.8. The Bertz CT molecular complexity index is 669. The number of alkyl halides is 3. The van der Waals surface area contributed by atoms with Crippen LogP contribution in [0.4, 0.5) is 13.2 Å². The van der Waals surface area contributed by atoms with Crippen molar-refractivity contribution in [3.63, 3.8) is 0 Å².